The van der Waals surface area contributed by atoms with E-state index in [9.17, 15) is 4.79 Å². The molecule has 1 aliphatic rings. The summed E-state index contributed by atoms with van der Waals surface area (Å²) in [6.45, 7) is 5.85. The zero-order valence-electron chi connectivity index (χ0n) is 9.82. The predicted octanol–water partition coefficient (Wildman–Crippen LogP) is 1.37. The SMILES string of the molecule is CCN[C@H](C)CNC(=O)C1CSCCS1.Cl. The van der Waals surface area contributed by atoms with E-state index in [0.717, 1.165) is 24.6 Å². The summed E-state index contributed by atoms with van der Waals surface area (Å²) in [6, 6.07) is 0.361. The average Bonchev–Trinajstić information content (AvgIpc) is 2.27. The number of thioether (sulfide) groups is 2. The van der Waals surface area contributed by atoms with E-state index in [1.165, 1.54) is 5.75 Å². The maximum atomic E-state index is 11.7. The van der Waals surface area contributed by atoms with E-state index < -0.39 is 0 Å². The quantitative estimate of drug-likeness (QED) is 0.800. The van der Waals surface area contributed by atoms with Crippen LogP contribution in [0.3, 0.4) is 0 Å². The standard InChI is InChI=1S/C10H20N2OS2.ClH/c1-3-11-8(2)6-12-10(13)9-7-14-4-5-15-9;/h8-9,11H,3-7H2,1-2H3,(H,12,13);1H/t8-,9?;/m1./s1. The van der Waals surface area contributed by atoms with Gasteiger partial charge in [-0.05, 0) is 13.5 Å². The molecule has 2 atom stereocenters. The molecule has 0 aromatic rings. The Bertz CT molecular complexity index is 201. The molecule has 0 aromatic heterocycles. The summed E-state index contributed by atoms with van der Waals surface area (Å²) >= 11 is 3.66. The third kappa shape index (κ3) is 6.23. The summed E-state index contributed by atoms with van der Waals surface area (Å²) in [5, 5.41) is 6.44. The monoisotopic (exact) mass is 284 g/mol. The number of hydrogen-bond acceptors (Lipinski definition) is 4. The van der Waals surface area contributed by atoms with Crippen LogP contribution in [0.25, 0.3) is 0 Å². The normalized spacial score (nSPS) is 22.0. The van der Waals surface area contributed by atoms with Crippen LogP contribution in [0.1, 0.15) is 13.8 Å². The Morgan fingerprint density at radius 3 is 2.81 bits per heavy atom. The van der Waals surface area contributed by atoms with E-state index in [2.05, 4.69) is 24.5 Å². The molecule has 6 heteroatoms. The number of amides is 1. The molecule has 0 bridgehead atoms. The van der Waals surface area contributed by atoms with Crippen LogP contribution in [0.4, 0.5) is 0 Å². The van der Waals surface area contributed by atoms with Crippen molar-refractivity contribution in [1.29, 1.82) is 0 Å². The van der Waals surface area contributed by atoms with Gasteiger partial charge in [-0.2, -0.15) is 11.8 Å². The molecule has 16 heavy (non-hydrogen) atoms. The highest BCUT2D eigenvalue weighted by atomic mass is 35.5. The van der Waals surface area contributed by atoms with Gasteiger partial charge in [0.2, 0.25) is 5.91 Å². The first kappa shape index (κ1) is 16.4. The lowest BCUT2D eigenvalue weighted by atomic mass is 10.3. The van der Waals surface area contributed by atoms with Crippen molar-refractivity contribution in [2.24, 2.45) is 0 Å². The number of rotatable bonds is 5. The first-order valence-corrected chi connectivity index (χ1v) is 7.64. The highest BCUT2D eigenvalue weighted by molar-refractivity contribution is 8.07. The summed E-state index contributed by atoms with van der Waals surface area (Å²) < 4.78 is 0. The lowest BCUT2D eigenvalue weighted by Crippen LogP contribution is -2.43. The first-order valence-electron chi connectivity index (χ1n) is 5.44. The van der Waals surface area contributed by atoms with Crippen molar-refractivity contribution >= 4 is 41.8 Å². The lowest BCUT2D eigenvalue weighted by Gasteiger charge is -2.21. The van der Waals surface area contributed by atoms with Gasteiger partial charge in [-0.3, -0.25) is 4.79 Å². The molecule has 0 aliphatic carbocycles. The number of hydrogen-bond donors (Lipinski definition) is 2. The van der Waals surface area contributed by atoms with Crippen LogP contribution in [-0.2, 0) is 4.79 Å². The maximum Gasteiger partial charge on any atom is 0.234 e. The average molecular weight is 285 g/mol. The van der Waals surface area contributed by atoms with Crippen molar-refractivity contribution in [1.82, 2.24) is 10.6 Å². The minimum absolute atomic E-state index is 0. The van der Waals surface area contributed by atoms with Crippen molar-refractivity contribution in [2.45, 2.75) is 25.1 Å². The summed E-state index contributed by atoms with van der Waals surface area (Å²) in [4.78, 5) is 11.7. The topological polar surface area (TPSA) is 41.1 Å². The second kappa shape index (κ2) is 9.45. The minimum Gasteiger partial charge on any atom is -0.354 e. The first-order chi connectivity index (χ1) is 7.24. The van der Waals surface area contributed by atoms with Gasteiger partial charge in [0.1, 0.15) is 0 Å². The van der Waals surface area contributed by atoms with Crippen LogP contribution in [0.5, 0.6) is 0 Å². The van der Waals surface area contributed by atoms with Gasteiger partial charge >= 0.3 is 0 Å². The predicted molar refractivity (Wildman–Crippen MR) is 77.0 cm³/mol. The van der Waals surface area contributed by atoms with Crippen LogP contribution in [0, 0.1) is 0 Å². The third-order valence-electron chi connectivity index (χ3n) is 2.24. The third-order valence-corrected chi connectivity index (χ3v) is 5.00. The zero-order valence-corrected chi connectivity index (χ0v) is 12.3. The molecule has 1 fully saturated rings. The van der Waals surface area contributed by atoms with E-state index in [4.69, 9.17) is 0 Å². The molecule has 0 radical (unpaired) electrons. The van der Waals surface area contributed by atoms with Gasteiger partial charge in [-0.25, -0.2) is 0 Å². The molecule has 1 aliphatic heterocycles. The van der Waals surface area contributed by atoms with Crippen molar-refractivity contribution < 1.29 is 4.79 Å². The van der Waals surface area contributed by atoms with Crippen molar-refractivity contribution in [3.8, 4) is 0 Å². The zero-order chi connectivity index (χ0) is 11.1. The molecule has 0 spiro atoms. The van der Waals surface area contributed by atoms with Gasteiger partial charge in [0.15, 0.2) is 0 Å². The van der Waals surface area contributed by atoms with Gasteiger partial charge in [-0.1, -0.05) is 6.92 Å². The Balaban J connectivity index is 0.00000225. The van der Waals surface area contributed by atoms with E-state index in [1.54, 1.807) is 11.8 Å². The molecule has 3 nitrogen and oxygen atoms in total. The van der Waals surface area contributed by atoms with Gasteiger partial charge in [-0.15, -0.1) is 24.2 Å². The molecule has 96 valence electrons. The van der Waals surface area contributed by atoms with Crippen molar-refractivity contribution in [3.63, 3.8) is 0 Å². The molecule has 0 saturated carbocycles. The fourth-order valence-electron chi connectivity index (χ4n) is 1.43. The highest BCUT2D eigenvalue weighted by Crippen LogP contribution is 2.23. The molecule has 1 unspecified atom stereocenters. The van der Waals surface area contributed by atoms with E-state index >= 15 is 0 Å². The molecular weight excluding hydrogens is 264 g/mol. The largest absolute Gasteiger partial charge is 0.354 e. The van der Waals surface area contributed by atoms with Crippen LogP contribution >= 0.6 is 35.9 Å². The van der Waals surface area contributed by atoms with E-state index in [1.807, 2.05) is 11.8 Å². The molecule has 1 heterocycles. The number of carbonyl (C=O) groups is 1. The number of carbonyl (C=O) groups excluding carboxylic acids is 1. The van der Waals surface area contributed by atoms with Crippen LogP contribution in [0.2, 0.25) is 0 Å². The number of likely N-dealkylation sites (N-methyl/N-ethyl adjacent to an activating group) is 1. The number of nitrogens with one attached hydrogen (secondary N) is 2. The summed E-state index contributed by atoms with van der Waals surface area (Å²) in [6.07, 6.45) is 0. The smallest absolute Gasteiger partial charge is 0.234 e. The van der Waals surface area contributed by atoms with Crippen molar-refractivity contribution in [3.05, 3.63) is 0 Å². The van der Waals surface area contributed by atoms with Crippen LogP contribution in [-0.4, -0.2) is 47.5 Å². The Morgan fingerprint density at radius 1 is 1.50 bits per heavy atom. The van der Waals surface area contributed by atoms with Gasteiger partial charge < -0.3 is 10.6 Å². The lowest BCUT2D eigenvalue weighted by molar-refractivity contribution is -0.120. The highest BCUT2D eigenvalue weighted by Gasteiger charge is 2.21. The van der Waals surface area contributed by atoms with Crippen LogP contribution in [0.15, 0.2) is 0 Å². The summed E-state index contributed by atoms with van der Waals surface area (Å²) in [5.74, 6) is 3.46. The van der Waals surface area contributed by atoms with E-state index in [0.29, 0.717) is 6.04 Å². The van der Waals surface area contributed by atoms with E-state index in [-0.39, 0.29) is 23.6 Å². The summed E-state index contributed by atoms with van der Waals surface area (Å²) in [7, 11) is 0. The Kier molecular flexibility index (Phi) is 9.70. The van der Waals surface area contributed by atoms with Gasteiger partial charge in [0.05, 0.1) is 5.25 Å². The fraction of sp³-hybridized carbons (Fsp3) is 0.900. The van der Waals surface area contributed by atoms with Crippen molar-refractivity contribution in [2.75, 3.05) is 30.3 Å². The minimum atomic E-state index is 0. The molecule has 1 saturated heterocycles. The fourth-order valence-corrected chi connectivity index (χ4v) is 4.01. The second-order valence-corrected chi connectivity index (χ2v) is 6.10. The molecule has 1 amide bonds. The molecular formula is C10H21ClN2OS2. The summed E-state index contributed by atoms with van der Waals surface area (Å²) in [5.41, 5.74) is 0. The Morgan fingerprint density at radius 2 is 2.25 bits per heavy atom. The van der Waals surface area contributed by atoms with Gasteiger partial charge in [0.25, 0.3) is 0 Å². The van der Waals surface area contributed by atoms with Gasteiger partial charge in [0, 0.05) is 29.8 Å². The van der Waals surface area contributed by atoms with Crippen LogP contribution < -0.4 is 10.6 Å². The Labute approximate surface area is 113 Å². The number of halogens is 1. The molecule has 1 rings (SSSR count). The second-order valence-electron chi connectivity index (χ2n) is 3.64. The molecule has 2 N–H and O–H groups in total. The Hall–Kier alpha value is 0.420. The molecule has 0 aromatic carbocycles. The maximum absolute atomic E-state index is 11.7.